The molecule has 0 fully saturated rings. The van der Waals surface area contributed by atoms with Crippen molar-refractivity contribution in [1.29, 1.82) is 0 Å². The second-order valence-corrected chi connectivity index (χ2v) is 8.63. The maximum atomic E-state index is 12.6. The number of benzene rings is 2. The first-order valence-corrected chi connectivity index (χ1v) is 10.0. The van der Waals surface area contributed by atoms with Crippen molar-refractivity contribution in [2.45, 2.75) is 46.1 Å². The molecule has 30 heavy (non-hydrogen) atoms. The molecule has 0 heterocycles. The van der Waals surface area contributed by atoms with E-state index in [1.54, 1.807) is 19.1 Å². The normalized spacial score (nSPS) is 12.1. The van der Waals surface area contributed by atoms with E-state index in [0.29, 0.717) is 11.3 Å². The minimum Gasteiger partial charge on any atom is -0.341 e. The Morgan fingerprint density at radius 2 is 1.53 bits per heavy atom. The van der Waals surface area contributed by atoms with E-state index in [1.807, 2.05) is 43.3 Å². The molecule has 2 aromatic rings. The highest BCUT2D eigenvalue weighted by atomic mass is 16.2. The number of aryl methyl sites for hydroxylation is 1. The number of rotatable bonds is 6. The number of nitrogens with zero attached hydrogens (tertiary/aromatic N) is 1. The molecule has 0 aromatic heterocycles. The Bertz CT molecular complexity index is 897. The van der Waals surface area contributed by atoms with Crippen molar-refractivity contribution in [3.05, 3.63) is 65.2 Å². The molecule has 0 aliphatic heterocycles. The second-order valence-electron chi connectivity index (χ2n) is 8.63. The van der Waals surface area contributed by atoms with E-state index in [-0.39, 0.29) is 29.7 Å². The molecule has 3 amide bonds. The number of hydrogen-bond acceptors (Lipinski definition) is 3. The van der Waals surface area contributed by atoms with Crippen LogP contribution >= 0.6 is 0 Å². The zero-order valence-corrected chi connectivity index (χ0v) is 18.6. The minimum absolute atomic E-state index is 0.000127. The van der Waals surface area contributed by atoms with E-state index in [2.05, 4.69) is 31.4 Å². The number of hydrogen-bond donors (Lipinski definition) is 2. The van der Waals surface area contributed by atoms with Crippen molar-refractivity contribution >= 4 is 23.4 Å². The Balaban J connectivity index is 1.90. The predicted molar refractivity (Wildman–Crippen MR) is 120 cm³/mol. The van der Waals surface area contributed by atoms with E-state index in [9.17, 15) is 14.4 Å². The van der Waals surface area contributed by atoms with Crippen molar-refractivity contribution in [3.63, 3.8) is 0 Å². The molecule has 0 spiro atoms. The lowest BCUT2D eigenvalue weighted by Gasteiger charge is -2.22. The summed E-state index contributed by atoms with van der Waals surface area (Å²) >= 11 is 0. The third-order valence-corrected chi connectivity index (χ3v) is 4.82. The molecule has 0 bridgehead atoms. The van der Waals surface area contributed by atoms with Gasteiger partial charge in [0.2, 0.25) is 11.8 Å². The average molecular weight is 410 g/mol. The molecule has 0 radical (unpaired) electrons. The van der Waals surface area contributed by atoms with Gasteiger partial charge in [-0.25, -0.2) is 0 Å². The number of nitrogens with one attached hydrogen (secondary N) is 2. The van der Waals surface area contributed by atoms with Gasteiger partial charge in [0.1, 0.15) is 6.04 Å². The first kappa shape index (κ1) is 23.1. The summed E-state index contributed by atoms with van der Waals surface area (Å²) in [6, 6.07) is 14.0. The van der Waals surface area contributed by atoms with Gasteiger partial charge in [0.15, 0.2) is 0 Å². The zero-order valence-electron chi connectivity index (χ0n) is 18.6. The average Bonchev–Trinajstić information content (AvgIpc) is 2.68. The molecule has 2 rings (SSSR count). The Kier molecular flexibility index (Phi) is 7.38. The topological polar surface area (TPSA) is 78.5 Å². The summed E-state index contributed by atoms with van der Waals surface area (Å²) in [5, 5.41) is 5.46. The quantitative estimate of drug-likeness (QED) is 0.766. The van der Waals surface area contributed by atoms with Gasteiger partial charge in [0.25, 0.3) is 5.91 Å². The Hall–Kier alpha value is -3.15. The van der Waals surface area contributed by atoms with Gasteiger partial charge in [-0.15, -0.1) is 0 Å². The molecular formula is C24H31N3O3. The molecule has 2 N–H and O–H groups in total. The lowest BCUT2D eigenvalue weighted by molar-refractivity contribution is -0.134. The van der Waals surface area contributed by atoms with Gasteiger partial charge in [0.05, 0.1) is 6.54 Å². The minimum atomic E-state index is -0.753. The van der Waals surface area contributed by atoms with Crippen LogP contribution in [0.3, 0.4) is 0 Å². The highest BCUT2D eigenvalue weighted by Gasteiger charge is 2.22. The Morgan fingerprint density at radius 1 is 0.967 bits per heavy atom. The van der Waals surface area contributed by atoms with Crippen LogP contribution in [0.5, 0.6) is 0 Å². The van der Waals surface area contributed by atoms with Gasteiger partial charge in [-0.3, -0.25) is 14.4 Å². The van der Waals surface area contributed by atoms with E-state index < -0.39 is 6.04 Å². The van der Waals surface area contributed by atoms with Crippen LogP contribution in [0.15, 0.2) is 48.5 Å². The number of carbonyl (C=O) groups excluding carboxylic acids is 3. The molecule has 160 valence electrons. The Labute approximate surface area is 178 Å². The van der Waals surface area contributed by atoms with Crippen molar-refractivity contribution < 1.29 is 14.4 Å². The van der Waals surface area contributed by atoms with Crippen LogP contribution < -0.4 is 10.6 Å². The fourth-order valence-electron chi connectivity index (χ4n) is 2.92. The SMILES string of the molecule is Cc1ccc(NC(=O)CN(C)C(=O)C(C)NC(=O)c2ccc(C(C)(C)C)cc2)cc1. The fraction of sp³-hybridized carbons (Fsp3) is 0.375. The van der Waals surface area contributed by atoms with Crippen LogP contribution in [0.2, 0.25) is 0 Å². The van der Waals surface area contributed by atoms with E-state index in [4.69, 9.17) is 0 Å². The predicted octanol–water partition coefficient (Wildman–Crippen LogP) is 3.51. The molecule has 1 unspecified atom stereocenters. The lowest BCUT2D eigenvalue weighted by Crippen LogP contribution is -2.47. The number of amides is 3. The standard InChI is InChI=1S/C24H31N3O3/c1-16-7-13-20(14-8-16)26-21(28)15-27(6)23(30)17(2)25-22(29)18-9-11-19(12-10-18)24(3,4)5/h7-14,17H,15H2,1-6H3,(H,25,29)(H,26,28). The summed E-state index contributed by atoms with van der Waals surface area (Å²) in [6.07, 6.45) is 0. The zero-order chi connectivity index (χ0) is 22.5. The van der Waals surface area contributed by atoms with Gasteiger partial charge < -0.3 is 15.5 Å². The van der Waals surface area contributed by atoms with Crippen LogP contribution in [-0.2, 0) is 15.0 Å². The first-order chi connectivity index (χ1) is 14.0. The molecule has 6 nitrogen and oxygen atoms in total. The highest BCUT2D eigenvalue weighted by molar-refractivity contribution is 5.99. The highest BCUT2D eigenvalue weighted by Crippen LogP contribution is 2.22. The molecule has 0 saturated heterocycles. The van der Waals surface area contributed by atoms with Gasteiger partial charge in [-0.1, -0.05) is 50.6 Å². The van der Waals surface area contributed by atoms with Crippen molar-refractivity contribution in [2.24, 2.45) is 0 Å². The summed E-state index contributed by atoms with van der Waals surface area (Å²) in [4.78, 5) is 38.5. The van der Waals surface area contributed by atoms with E-state index in [1.165, 1.54) is 11.9 Å². The maximum absolute atomic E-state index is 12.6. The summed E-state index contributed by atoms with van der Waals surface area (Å²) < 4.78 is 0. The molecule has 0 aliphatic carbocycles. The van der Waals surface area contributed by atoms with Gasteiger partial charge >= 0.3 is 0 Å². The number of anilines is 1. The molecule has 0 saturated carbocycles. The summed E-state index contributed by atoms with van der Waals surface area (Å²) in [5.74, 6) is -0.964. The van der Waals surface area contributed by atoms with Crippen LogP contribution in [0, 0.1) is 6.92 Å². The monoisotopic (exact) mass is 409 g/mol. The summed E-state index contributed by atoms with van der Waals surface area (Å²) in [7, 11) is 1.54. The first-order valence-electron chi connectivity index (χ1n) is 10.0. The summed E-state index contributed by atoms with van der Waals surface area (Å²) in [5.41, 5.74) is 3.38. The molecular weight excluding hydrogens is 378 g/mol. The summed E-state index contributed by atoms with van der Waals surface area (Å²) in [6.45, 7) is 9.78. The molecule has 0 aliphatic rings. The maximum Gasteiger partial charge on any atom is 0.251 e. The largest absolute Gasteiger partial charge is 0.341 e. The van der Waals surface area contributed by atoms with Crippen LogP contribution in [-0.4, -0.2) is 42.3 Å². The van der Waals surface area contributed by atoms with Crippen molar-refractivity contribution in [2.75, 3.05) is 18.9 Å². The second kappa shape index (κ2) is 9.57. The van der Waals surface area contributed by atoms with Gasteiger partial charge in [-0.05, 0) is 49.1 Å². The van der Waals surface area contributed by atoms with E-state index in [0.717, 1.165) is 11.1 Å². The smallest absolute Gasteiger partial charge is 0.251 e. The van der Waals surface area contributed by atoms with Crippen LogP contribution in [0.4, 0.5) is 5.69 Å². The van der Waals surface area contributed by atoms with Crippen LogP contribution in [0.1, 0.15) is 49.2 Å². The van der Waals surface area contributed by atoms with Crippen molar-refractivity contribution in [3.8, 4) is 0 Å². The fourth-order valence-corrected chi connectivity index (χ4v) is 2.92. The van der Waals surface area contributed by atoms with Gasteiger partial charge in [-0.2, -0.15) is 0 Å². The van der Waals surface area contributed by atoms with Crippen molar-refractivity contribution in [1.82, 2.24) is 10.2 Å². The Morgan fingerprint density at radius 3 is 2.07 bits per heavy atom. The third kappa shape index (κ3) is 6.44. The number of carbonyl (C=O) groups is 3. The number of likely N-dealkylation sites (N-methyl/N-ethyl adjacent to an activating group) is 1. The van der Waals surface area contributed by atoms with E-state index >= 15 is 0 Å². The lowest BCUT2D eigenvalue weighted by atomic mass is 9.86. The van der Waals surface area contributed by atoms with Crippen LogP contribution in [0.25, 0.3) is 0 Å². The molecule has 6 heteroatoms. The molecule has 2 aromatic carbocycles. The van der Waals surface area contributed by atoms with Gasteiger partial charge in [0, 0.05) is 18.3 Å². The third-order valence-electron chi connectivity index (χ3n) is 4.82. The molecule has 1 atom stereocenters.